The molecule has 156 valence electrons. The fraction of sp³-hybridized carbons (Fsp3) is 0.308. The van der Waals surface area contributed by atoms with Crippen LogP contribution in [0.1, 0.15) is 50.7 Å². The molecule has 1 aliphatic rings. The molecular formula is C26H24F4. The number of unbranched alkanes of at least 4 members (excludes halogenated alkanes) is 2. The predicted molar refractivity (Wildman–Crippen MR) is 113 cm³/mol. The average molecular weight is 412 g/mol. The number of hydrogen-bond donors (Lipinski definition) is 0. The lowest BCUT2D eigenvalue weighted by Gasteiger charge is -2.27. The van der Waals surface area contributed by atoms with Gasteiger partial charge in [0.2, 0.25) is 0 Å². The Labute approximate surface area is 174 Å². The molecule has 0 unspecified atom stereocenters. The van der Waals surface area contributed by atoms with Crippen LogP contribution in [0, 0.1) is 23.3 Å². The third kappa shape index (κ3) is 3.32. The zero-order valence-electron chi connectivity index (χ0n) is 17.2. The molecule has 0 fully saturated rings. The van der Waals surface area contributed by atoms with Gasteiger partial charge in [0.15, 0.2) is 11.6 Å². The highest BCUT2D eigenvalue weighted by Gasteiger charge is 2.34. The van der Waals surface area contributed by atoms with E-state index in [1.165, 1.54) is 12.1 Å². The number of benzene rings is 3. The lowest BCUT2D eigenvalue weighted by Crippen LogP contribution is -2.09. The summed E-state index contributed by atoms with van der Waals surface area (Å²) < 4.78 is 59.1. The number of aryl methyl sites for hydroxylation is 2. The largest absolute Gasteiger partial charge is 0.207 e. The van der Waals surface area contributed by atoms with Crippen molar-refractivity contribution in [1.82, 2.24) is 0 Å². The number of halogens is 4. The van der Waals surface area contributed by atoms with Crippen LogP contribution in [0.2, 0.25) is 0 Å². The summed E-state index contributed by atoms with van der Waals surface area (Å²) in [5, 5.41) is 0. The molecule has 3 aromatic rings. The number of rotatable bonds is 7. The van der Waals surface area contributed by atoms with Gasteiger partial charge in [0.05, 0.1) is 0 Å². The Kier molecular flexibility index (Phi) is 5.68. The molecule has 4 rings (SSSR count). The van der Waals surface area contributed by atoms with Gasteiger partial charge in [0.1, 0.15) is 11.6 Å². The third-order valence-corrected chi connectivity index (χ3v) is 5.90. The fourth-order valence-electron chi connectivity index (χ4n) is 4.26. The van der Waals surface area contributed by atoms with E-state index in [1.807, 2.05) is 6.92 Å². The molecule has 30 heavy (non-hydrogen) atoms. The summed E-state index contributed by atoms with van der Waals surface area (Å²) in [7, 11) is 0. The van der Waals surface area contributed by atoms with E-state index in [0.29, 0.717) is 35.1 Å². The molecule has 0 nitrogen and oxygen atoms in total. The first-order valence-electron chi connectivity index (χ1n) is 10.6. The molecule has 0 amide bonds. The van der Waals surface area contributed by atoms with Crippen molar-refractivity contribution in [2.24, 2.45) is 0 Å². The van der Waals surface area contributed by atoms with E-state index < -0.39 is 23.3 Å². The molecule has 4 heteroatoms. The molecule has 0 atom stereocenters. The highest BCUT2D eigenvalue weighted by atomic mass is 19.2. The van der Waals surface area contributed by atoms with Crippen LogP contribution in [0.3, 0.4) is 0 Å². The van der Waals surface area contributed by atoms with Gasteiger partial charge < -0.3 is 0 Å². The van der Waals surface area contributed by atoms with Gasteiger partial charge in [-0.15, -0.1) is 0 Å². The van der Waals surface area contributed by atoms with Crippen molar-refractivity contribution in [1.29, 1.82) is 0 Å². The molecule has 3 aromatic carbocycles. The van der Waals surface area contributed by atoms with E-state index >= 15 is 0 Å². The molecule has 0 aromatic heterocycles. The third-order valence-electron chi connectivity index (χ3n) is 5.90. The van der Waals surface area contributed by atoms with E-state index in [2.05, 4.69) is 6.92 Å². The molecular weight excluding hydrogens is 388 g/mol. The number of fused-ring (bicyclic) bond motifs is 4. The first-order chi connectivity index (χ1) is 14.5. The van der Waals surface area contributed by atoms with E-state index in [0.717, 1.165) is 25.7 Å². The topological polar surface area (TPSA) is 0 Å². The molecule has 0 saturated carbocycles. The zero-order chi connectivity index (χ0) is 21.4. The van der Waals surface area contributed by atoms with Gasteiger partial charge in [-0.25, -0.2) is 17.6 Å². The van der Waals surface area contributed by atoms with Gasteiger partial charge in [0.25, 0.3) is 0 Å². The Hall–Kier alpha value is -2.62. The average Bonchev–Trinajstić information content (AvgIpc) is 2.71. The Morgan fingerprint density at radius 3 is 2.03 bits per heavy atom. The van der Waals surface area contributed by atoms with Crippen molar-refractivity contribution >= 4 is 0 Å². The highest BCUT2D eigenvalue weighted by Crippen LogP contribution is 2.52. The smallest absolute Gasteiger partial charge is 0.168 e. The van der Waals surface area contributed by atoms with Crippen molar-refractivity contribution in [2.75, 3.05) is 0 Å². The maximum absolute atomic E-state index is 14.9. The predicted octanol–water partition coefficient (Wildman–Crippen LogP) is 8.24. The lowest BCUT2D eigenvalue weighted by molar-refractivity contribution is 0.511. The van der Waals surface area contributed by atoms with E-state index in [-0.39, 0.29) is 22.3 Å². The minimum absolute atomic E-state index is 0.00560. The summed E-state index contributed by atoms with van der Waals surface area (Å²) in [4.78, 5) is 0. The Morgan fingerprint density at radius 2 is 1.33 bits per heavy atom. The molecule has 0 aliphatic heterocycles. The zero-order valence-corrected chi connectivity index (χ0v) is 17.2. The first-order valence-corrected chi connectivity index (χ1v) is 10.6. The standard InChI is InChI=1S/C26H24F4/c1-3-5-6-8-15-9-10-17(13-21(15)27)19-14-20-18-12-11-16(7-4-2)24(28)22(18)23(20)26(30)25(19)29/h9-14H,3-8H2,1-2H3. The molecule has 0 N–H and O–H groups in total. The molecule has 1 aliphatic carbocycles. The van der Waals surface area contributed by atoms with Crippen LogP contribution < -0.4 is 0 Å². The van der Waals surface area contributed by atoms with Crippen LogP contribution in [-0.4, -0.2) is 0 Å². The van der Waals surface area contributed by atoms with E-state index in [4.69, 9.17) is 0 Å². The van der Waals surface area contributed by atoms with Crippen LogP contribution in [0.5, 0.6) is 0 Å². The minimum Gasteiger partial charge on any atom is -0.207 e. The van der Waals surface area contributed by atoms with Crippen molar-refractivity contribution in [2.45, 2.75) is 52.4 Å². The van der Waals surface area contributed by atoms with Crippen molar-refractivity contribution in [3.05, 3.63) is 70.8 Å². The quantitative estimate of drug-likeness (QED) is 0.212. The van der Waals surface area contributed by atoms with Crippen LogP contribution in [0.15, 0.2) is 36.4 Å². The van der Waals surface area contributed by atoms with Crippen LogP contribution in [-0.2, 0) is 12.8 Å². The summed E-state index contributed by atoms with van der Waals surface area (Å²) in [5.74, 6) is -3.04. The molecule has 0 saturated heterocycles. The summed E-state index contributed by atoms with van der Waals surface area (Å²) in [6.07, 6.45) is 4.87. The second kappa shape index (κ2) is 8.25. The van der Waals surface area contributed by atoms with E-state index in [1.54, 1.807) is 24.3 Å². The molecule has 0 spiro atoms. The highest BCUT2D eigenvalue weighted by molar-refractivity contribution is 6.04. The molecule has 0 radical (unpaired) electrons. The van der Waals surface area contributed by atoms with Gasteiger partial charge in [0, 0.05) is 16.7 Å². The van der Waals surface area contributed by atoms with Gasteiger partial charge in [-0.2, -0.15) is 0 Å². The maximum Gasteiger partial charge on any atom is 0.168 e. The van der Waals surface area contributed by atoms with Gasteiger partial charge in [-0.05, 0) is 59.2 Å². The molecule has 0 bridgehead atoms. The lowest BCUT2D eigenvalue weighted by atomic mass is 9.77. The summed E-state index contributed by atoms with van der Waals surface area (Å²) in [5.41, 5.74) is 2.53. The van der Waals surface area contributed by atoms with Crippen LogP contribution in [0.4, 0.5) is 17.6 Å². The Balaban J connectivity index is 1.73. The Bertz CT molecular complexity index is 1110. The summed E-state index contributed by atoms with van der Waals surface area (Å²) in [6, 6.07) is 9.48. The van der Waals surface area contributed by atoms with Crippen molar-refractivity contribution in [3.8, 4) is 33.4 Å². The summed E-state index contributed by atoms with van der Waals surface area (Å²) in [6.45, 7) is 4.02. The SMILES string of the molecule is CCCCCc1ccc(-c2cc3c(c(F)c2F)-c2c-3ccc(CCC)c2F)cc1F. The molecule has 0 heterocycles. The Morgan fingerprint density at radius 1 is 0.600 bits per heavy atom. The minimum atomic E-state index is -1.07. The van der Waals surface area contributed by atoms with Gasteiger partial charge in [-0.1, -0.05) is 57.4 Å². The van der Waals surface area contributed by atoms with Crippen molar-refractivity contribution < 1.29 is 17.6 Å². The van der Waals surface area contributed by atoms with Crippen LogP contribution in [0.25, 0.3) is 33.4 Å². The monoisotopic (exact) mass is 412 g/mol. The summed E-state index contributed by atoms with van der Waals surface area (Å²) >= 11 is 0. The normalized spacial score (nSPS) is 11.8. The second-order valence-corrected chi connectivity index (χ2v) is 7.95. The fourth-order valence-corrected chi connectivity index (χ4v) is 4.26. The number of hydrogen-bond acceptors (Lipinski definition) is 0. The van der Waals surface area contributed by atoms with Gasteiger partial charge in [-0.3, -0.25) is 0 Å². The van der Waals surface area contributed by atoms with E-state index in [9.17, 15) is 17.6 Å². The maximum atomic E-state index is 14.9. The van der Waals surface area contributed by atoms with Crippen LogP contribution >= 0.6 is 0 Å². The second-order valence-electron chi connectivity index (χ2n) is 7.95. The van der Waals surface area contributed by atoms with Crippen molar-refractivity contribution in [3.63, 3.8) is 0 Å². The first kappa shape index (κ1) is 20.6. The van der Waals surface area contributed by atoms with Gasteiger partial charge >= 0.3 is 0 Å².